The molecule has 0 unspecified atom stereocenters. The maximum Gasteiger partial charge on any atom is 0.133 e. The van der Waals surface area contributed by atoms with Crippen molar-refractivity contribution in [3.05, 3.63) is 58.1 Å². The van der Waals surface area contributed by atoms with Crippen LogP contribution in [0.1, 0.15) is 16.7 Å². The van der Waals surface area contributed by atoms with Crippen LogP contribution in [0, 0.1) is 18.3 Å². The molecule has 4 heteroatoms. The van der Waals surface area contributed by atoms with Gasteiger partial charge in [0.1, 0.15) is 11.5 Å². The molecule has 0 bridgehead atoms. The first kappa shape index (κ1) is 13.7. The van der Waals surface area contributed by atoms with Gasteiger partial charge in [0.2, 0.25) is 0 Å². The highest BCUT2D eigenvalue weighted by Crippen LogP contribution is 2.31. The lowest BCUT2D eigenvalue weighted by atomic mass is 10.1. The standard InChI is InChI=1S/C15H11Cl2NO/c1-10-2-3-11(9-18)6-14(10)19-15-7-13(17)5-4-12(15)8-16/h2-7H,8H2,1H3. The molecule has 2 aromatic rings. The second kappa shape index (κ2) is 5.97. The normalized spacial score (nSPS) is 10.0. The van der Waals surface area contributed by atoms with Crippen LogP contribution in [0.4, 0.5) is 0 Å². The summed E-state index contributed by atoms with van der Waals surface area (Å²) in [6, 6.07) is 12.7. The maximum absolute atomic E-state index is 8.92. The molecule has 96 valence electrons. The van der Waals surface area contributed by atoms with E-state index in [-0.39, 0.29) is 0 Å². The van der Waals surface area contributed by atoms with Crippen LogP contribution in [0.3, 0.4) is 0 Å². The van der Waals surface area contributed by atoms with E-state index in [1.165, 1.54) is 0 Å². The first-order chi connectivity index (χ1) is 9.13. The Morgan fingerprint density at radius 2 is 1.95 bits per heavy atom. The third-order valence-corrected chi connectivity index (χ3v) is 3.23. The molecule has 2 nitrogen and oxygen atoms in total. The van der Waals surface area contributed by atoms with Gasteiger partial charge in [-0.05, 0) is 36.8 Å². The van der Waals surface area contributed by atoms with E-state index in [0.29, 0.717) is 28.0 Å². The molecule has 0 aliphatic carbocycles. The number of hydrogen-bond acceptors (Lipinski definition) is 2. The quantitative estimate of drug-likeness (QED) is 0.741. The number of rotatable bonds is 3. The highest BCUT2D eigenvalue weighted by molar-refractivity contribution is 6.30. The number of hydrogen-bond donors (Lipinski definition) is 0. The van der Waals surface area contributed by atoms with Crippen molar-refractivity contribution in [1.82, 2.24) is 0 Å². The van der Waals surface area contributed by atoms with Crippen LogP contribution in [0.2, 0.25) is 5.02 Å². The van der Waals surface area contributed by atoms with Gasteiger partial charge in [-0.3, -0.25) is 0 Å². The van der Waals surface area contributed by atoms with Crippen molar-refractivity contribution in [3.8, 4) is 17.6 Å². The van der Waals surface area contributed by atoms with E-state index >= 15 is 0 Å². The van der Waals surface area contributed by atoms with Crippen molar-refractivity contribution in [3.63, 3.8) is 0 Å². The average Bonchev–Trinajstić information content (AvgIpc) is 2.41. The number of benzene rings is 2. The van der Waals surface area contributed by atoms with Crippen molar-refractivity contribution >= 4 is 23.2 Å². The Hall–Kier alpha value is -1.69. The maximum atomic E-state index is 8.92. The second-order valence-electron chi connectivity index (χ2n) is 4.08. The molecule has 0 radical (unpaired) electrons. The zero-order valence-electron chi connectivity index (χ0n) is 10.3. The molecular weight excluding hydrogens is 281 g/mol. The summed E-state index contributed by atoms with van der Waals surface area (Å²) in [5.41, 5.74) is 2.35. The molecular formula is C15H11Cl2NO. The van der Waals surface area contributed by atoms with Gasteiger partial charge in [-0.15, -0.1) is 11.6 Å². The monoisotopic (exact) mass is 291 g/mol. The molecule has 0 aliphatic rings. The van der Waals surface area contributed by atoms with E-state index in [4.69, 9.17) is 33.2 Å². The van der Waals surface area contributed by atoms with Gasteiger partial charge in [-0.1, -0.05) is 23.7 Å². The van der Waals surface area contributed by atoms with E-state index in [2.05, 4.69) is 6.07 Å². The highest BCUT2D eigenvalue weighted by Gasteiger charge is 2.08. The fraction of sp³-hybridized carbons (Fsp3) is 0.133. The zero-order chi connectivity index (χ0) is 13.8. The van der Waals surface area contributed by atoms with Gasteiger partial charge in [0.15, 0.2) is 0 Å². The number of nitrogens with zero attached hydrogens (tertiary/aromatic N) is 1. The van der Waals surface area contributed by atoms with Gasteiger partial charge in [0, 0.05) is 10.6 Å². The Bertz CT molecular complexity index is 647. The van der Waals surface area contributed by atoms with E-state index in [1.54, 1.807) is 24.3 Å². The number of aryl methyl sites for hydroxylation is 1. The lowest BCUT2D eigenvalue weighted by molar-refractivity contribution is 0.474. The molecule has 0 heterocycles. The van der Waals surface area contributed by atoms with E-state index in [0.717, 1.165) is 11.1 Å². The minimum Gasteiger partial charge on any atom is -0.457 e. The van der Waals surface area contributed by atoms with E-state index in [1.807, 2.05) is 19.1 Å². The number of halogens is 2. The molecule has 0 amide bonds. The predicted octanol–water partition coefficient (Wildman–Crippen LogP) is 5.05. The van der Waals surface area contributed by atoms with Gasteiger partial charge < -0.3 is 4.74 Å². The number of alkyl halides is 1. The highest BCUT2D eigenvalue weighted by atomic mass is 35.5. The fourth-order valence-corrected chi connectivity index (χ4v) is 2.01. The molecule has 0 spiro atoms. The van der Waals surface area contributed by atoms with E-state index in [9.17, 15) is 0 Å². The summed E-state index contributed by atoms with van der Waals surface area (Å²) in [7, 11) is 0. The van der Waals surface area contributed by atoms with Crippen LogP contribution in [0.5, 0.6) is 11.5 Å². The third kappa shape index (κ3) is 3.20. The van der Waals surface area contributed by atoms with Crippen molar-refractivity contribution in [2.75, 3.05) is 0 Å². The summed E-state index contributed by atoms with van der Waals surface area (Å²) >= 11 is 11.8. The Balaban J connectivity index is 2.41. The van der Waals surface area contributed by atoms with Crippen molar-refractivity contribution in [2.45, 2.75) is 12.8 Å². The Labute approximate surface area is 122 Å². The van der Waals surface area contributed by atoms with Gasteiger partial charge >= 0.3 is 0 Å². The first-order valence-corrected chi connectivity index (χ1v) is 6.58. The summed E-state index contributed by atoms with van der Waals surface area (Å²) in [5.74, 6) is 1.58. The molecule has 2 aromatic carbocycles. The van der Waals surface area contributed by atoms with E-state index < -0.39 is 0 Å². The molecule has 0 saturated carbocycles. The molecule has 0 N–H and O–H groups in total. The molecule has 0 aliphatic heterocycles. The molecule has 0 aromatic heterocycles. The molecule has 2 rings (SSSR count). The van der Waals surface area contributed by atoms with Crippen LogP contribution < -0.4 is 4.74 Å². The van der Waals surface area contributed by atoms with Crippen LogP contribution in [0.25, 0.3) is 0 Å². The Morgan fingerprint density at radius 1 is 1.16 bits per heavy atom. The van der Waals surface area contributed by atoms with Crippen molar-refractivity contribution in [2.24, 2.45) is 0 Å². The van der Waals surface area contributed by atoms with Crippen molar-refractivity contribution < 1.29 is 4.74 Å². The first-order valence-electron chi connectivity index (χ1n) is 5.67. The smallest absolute Gasteiger partial charge is 0.133 e. The topological polar surface area (TPSA) is 33.0 Å². The van der Waals surface area contributed by atoms with Crippen molar-refractivity contribution in [1.29, 1.82) is 5.26 Å². The minimum absolute atomic E-state index is 0.337. The lowest BCUT2D eigenvalue weighted by Crippen LogP contribution is -1.92. The van der Waals surface area contributed by atoms with Crippen LogP contribution >= 0.6 is 23.2 Å². The largest absolute Gasteiger partial charge is 0.457 e. The summed E-state index contributed by atoms with van der Waals surface area (Å²) in [6.07, 6.45) is 0. The van der Waals surface area contributed by atoms with Gasteiger partial charge in [-0.25, -0.2) is 0 Å². The van der Waals surface area contributed by atoms with Gasteiger partial charge in [0.25, 0.3) is 0 Å². The Morgan fingerprint density at radius 3 is 2.63 bits per heavy atom. The fourth-order valence-electron chi connectivity index (χ4n) is 1.63. The number of nitriles is 1. The Kier molecular flexibility index (Phi) is 4.31. The molecule has 19 heavy (non-hydrogen) atoms. The minimum atomic E-state index is 0.337. The predicted molar refractivity (Wildman–Crippen MR) is 77.0 cm³/mol. The van der Waals surface area contributed by atoms with Gasteiger partial charge in [-0.2, -0.15) is 5.26 Å². The second-order valence-corrected chi connectivity index (χ2v) is 4.78. The van der Waals surface area contributed by atoms with Gasteiger partial charge in [0.05, 0.1) is 17.5 Å². The lowest BCUT2D eigenvalue weighted by Gasteiger charge is -2.12. The molecule has 0 fully saturated rings. The van der Waals surface area contributed by atoms with Crippen LogP contribution in [0.15, 0.2) is 36.4 Å². The SMILES string of the molecule is Cc1ccc(C#N)cc1Oc1cc(Cl)ccc1CCl. The summed E-state index contributed by atoms with van der Waals surface area (Å²) < 4.78 is 5.83. The van der Waals surface area contributed by atoms with Crippen LogP contribution in [-0.4, -0.2) is 0 Å². The summed E-state index contributed by atoms with van der Waals surface area (Å²) in [6.45, 7) is 1.92. The zero-order valence-corrected chi connectivity index (χ0v) is 11.8. The molecule has 0 atom stereocenters. The van der Waals surface area contributed by atoms with Crippen LogP contribution in [-0.2, 0) is 5.88 Å². The summed E-state index contributed by atoms with van der Waals surface area (Å²) in [5, 5.41) is 9.50. The third-order valence-electron chi connectivity index (χ3n) is 2.71. The summed E-state index contributed by atoms with van der Waals surface area (Å²) in [4.78, 5) is 0. The average molecular weight is 292 g/mol. The number of ether oxygens (including phenoxy) is 1. The molecule has 0 saturated heterocycles.